The Kier molecular flexibility index (Phi) is 2.80. The molecule has 1 heterocycles. The maximum Gasteiger partial charge on any atom is 0.0362 e. The van der Waals surface area contributed by atoms with Gasteiger partial charge in [-0.1, -0.05) is 13.3 Å². The predicted octanol–water partition coefficient (Wildman–Crippen LogP) is 3.75. The summed E-state index contributed by atoms with van der Waals surface area (Å²) < 4.78 is 0. The van der Waals surface area contributed by atoms with Crippen molar-refractivity contribution in [3.05, 3.63) is 21.9 Å². The van der Waals surface area contributed by atoms with Crippen LogP contribution in [0.2, 0.25) is 0 Å². The Morgan fingerprint density at radius 1 is 1.44 bits per heavy atom. The average Bonchev–Trinajstić information content (AvgIpc) is 2.70. The molecule has 0 saturated heterocycles. The smallest absolute Gasteiger partial charge is 0.0362 e. The Hall–Kier alpha value is -0.340. The third-order valence-electron chi connectivity index (χ3n) is 4.39. The van der Waals surface area contributed by atoms with Gasteiger partial charge in [0.1, 0.15) is 0 Å². The first-order valence-corrected chi connectivity index (χ1v) is 7.47. The van der Waals surface area contributed by atoms with Crippen molar-refractivity contribution in [2.75, 3.05) is 6.54 Å². The van der Waals surface area contributed by atoms with E-state index in [-0.39, 0.29) is 0 Å². The van der Waals surface area contributed by atoms with Gasteiger partial charge in [-0.25, -0.2) is 0 Å². The van der Waals surface area contributed by atoms with Crippen molar-refractivity contribution >= 4 is 11.3 Å². The molecule has 0 amide bonds. The van der Waals surface area contributed by atoms with Gasteiger partial charge in [0.2, 0.25) is 0 Å². The van der Waals surface area contributed by atoms with E-state index in [9.17, 15) is 0 Å². The van der Waals surface area contributed by atoms with E-state index in [4.69, 9.17) is 0 Å². The van der Waals surface area contributed by atoms with Crippen LogP contribution in [0.15, 0.2) is 11.4 Å². The molecule has 88 valence electrons. The second-order valence-corrected chi connectivity index (χ2v) is 6.48. The molecule has 1 N–H and O–H groups in total. The highest BCUT2D eigenvalue weighted by Crippen LogP contribution is 2.62. The summed E-state index contributed by atoms with van der Waals surface area (Å²) in [5.41, 5.74) is 1.55. The zero-order valence-corrected chi connectivity index (χ0v) is 11.0. The van der Waals surface area contributed by atoms with E-state index in [1.165, 1.54) is 24.1 Å². The molecule has 2 aliphatic carbocycles. The maximum absolute atomic E-state index is 3.71. The molecule has 0 bridgehead atoms. The van der Waals surface area contributed by atoms with E-state index in [1.54, 1.807) is 5.56 Å². The largest absolute Gasteiger partial charge is 0.310 e. The molecular formula is C14H21NS. The average molecular weight is 235 g/mol. The van der Waals surface area contributed by atoms with Crippen molar-refractivity contribution < 1.29 is 0 Å². The molecule has 2 fully saturated rings. The van der Waals surface area contributed by atoms with Gasteiger partial charge in [-0.05, 0) is 61.1 Å². The van der Waals surface area contributed by atoms with Gasteiger partial charge in [0, 0.05) is 10.9 Å². The summed E-state index contributed by atoms with van der Waals surface area (Å²) in [6.45, 7) is 5.53. The Morgan fingerprint density at radius 2 is 2.19 bits per heavy atom. The SMILES string of the molecule is CCNC(c1csc(C)c1)C1C2CCCC21. The highest BCUT2D eigenvalue weighted by atomic mass is 32.1. The standard InChI is InChI=1S/C14H21NS/c1-3-15-14(10-7-9(2)16-8-10)13-11-5-4-6-12(11)13/h7-8,11-15H,3-6H2,1-2H3. The van der Waals surface area contributed by atoms with Crippen LogP contribution in [0.25, 0.3) is 0 Å². The number of rotatable bonds is 4. The quantitative estimate of drug-likeness (QED) is 0.838. The van der Waals surface area contributed by atoms with Crippen LogP contribution in [0.5, 0.6) is 0 Å². The van der Waals surface area contributed by atoms with Gasteiger partial charge >= 0.3 is 0 Å². The zero-order chi connectivity index (χ0) is 11.1. The summed E-state index contributed by atoms with van der Waals surface area (Å²) in [6, 6.07) is 3.02. The van der Waals surface area contributed by atoms with Crippen LogP contribution in [-0.4, -0.2) is 6.54 Å². The normalized spacial score (nSPS) is 33.8. The molecule has 1 nitrogen and oxygen atoms in total. The molecule has 0 aliphatic heterocycles. The molecule has 2 saturated carbocycles. The van der Waals surface area contributed by atoms with Gasteiger partial charge in [-0.2, -0.15) is 0 Å². The van der Waals surface area contributed by atoms with Crippen molar-refractivity contribution in [1.29, 1.82) is 0 Å². The molecule has 3 atom stereocenters. The first-order chi connectivity index (χ1) is 7.81. The molecule has 0 spiro atoms. The monoisotopic (exact) mass is 235 g/mol. The first-order valence-electron chi connectivity index (χ1n) is 6.59. The van der Waals surface area contributed by atoms with E-state index in [1.807, 2.05) is 11.3 Å². The van der Waals surface area contributed by atoms with Crippen LogP contribution < -0.4 is 5.32 Å². The molecule has 1 aromatic heterocycles. The van der Waals surface area contributed by atoms with Gasteiger partial charge in [0.05, 0.1) is 0 Å². The lowest BCUT2D eigenvalue weighted by Gasteiger charge is -2.18. The Bertz CT molecular complexity index is 361. The number of hydrogen-bond donors (Lipinski definition) is 1. The Labute approximate surface area is 102 Å². The molecule has 1 aromatic rings. The Balaban J connectivity index is 1.77. The molecule has 0 radical (unpaired) electrons. The second-order valence-electron chi connectivity index (χ2n) is 5.36. The highest BCUT2D eigenvalue weighted by molar-refractivity contribution is 7.10. The Morgan fingerprint density at radius 3 is 2.75 bits per heavy atom. The summed E-state index contributed by atoms with van der Waals surface area (Å²) in [5, 5.41) is 6.07. The maximum atomic E-state index is 3.71. The topological polar surface area (TPSA) is 12.0 Å². The third kappa shape index (κ3) is 1.72. The minimum Gasteiger partial charge on any atom is -0.310 e. The highest BCUT2D eigenvalue weighted by Gasteiger charge is 2.55. The first kappa shape index (κ1) is 10.8. The minimum absolute atomic E-state index is 0.644. The van der Waals surface area contributed by atoms with Crippen molar-refractivity contribution in [2.24, 2.45) is 17.8 Å². The molecule has 3 unspecified atom stereocenters. The number of thiophene rings is 1. The fourth-order valence-electron chi connectivity index (χ4n) is 3.69. The van der Waals surface area contributed by atoms with Gasteiger partial charge < -0.3 is 5.32 Å². The lowest BCUT2D eigenvalue weighted by atomic mass is 9.99. The summed E-state index contributed by atoms with van der Waals surface area (Å²) in [7, 11) is 0. The summed E-state index contributed by atoms with van der Waals surface area (Å²) in [5.74, 6) is 3.04. The van der Waals surface area contributed by atoms with Crippen LogP contribution in [0.1, 0.15) is 42.7 Å². The minimum atomic E-state index is 0.644. The lowest BCUT2D eigenvalue weighted by molar-refractivity contribution is 0.426. The van der Waals surface area contributed by atoms with Crippen LogP contribution in [-0.2, 0) is 0 Å². The number of nitrogens with one attached hydrogen (secondary N) is 1. The molecule has 3 rings (SSSR count). The fraction of sp³-hybridized carbons (Fsp3) is 0.714. The lowest BCUT2D eigenvalue weighted by Crippen LogP contribution is -2.23. The zero-order valence-electron chi connectivity index (χ0n) is 10.2. The summed E-state index contributed by atoms with van der Waals surface area (Å²) in [4.78, 5) is 1.45. The van der Waals surface area contributed by atoms with Crippen LogP contribution >= 0.6 is 11.3 Å². The number of hydrogen-bond acceptors (Lipinski definition) is 2. The van der Waals surface area contributed by atoms with Gasteiger partial charge in [-0.15, -0.1) is 11.3 Å². The van der Waals surface area contributed by atoms with E-state index in [2.05, 4.69) is 30.6 Å². The van der Waals surface area contributed by atoms with E-state index < -0.39 is 0 Å². The van der Waals surface area contributed by atoms with E-state index in [0.717, 1.165) is 24.3 Å². The van der Waals surface area contributed by atoms with Crippen molar-refractivity contribution in [3.63, 3.8) is 0 Å². The summed E-state index contributed by atoms with van der Waals surface area (Å²) >= 11 is 1.89. The molecule has 0 aromatic carbocycles. The van der Waals surface area contributed by atoms with Gasteiger partial charge in [-0.3, -0.25) is 0 Å². The number of aryl methyl sites for hydroxylation is 1. The van der Waals surface area contributed by atoms with E-state index >= 15 is 0 Å². The molecular weight excluding hydrogens is 214 g/mol. The predicted molar refractivity (Wildman–Crippen MR) is 69.8 cm³/mol. The second kappa shape index (κ2) is 4.15. The molecule has 2 aliphatic rings. The summed E-state index contributed by atoms with van der Waals surface area (Å²) in [6.07, 6.45) is 4.45. The van der Waals surface area contributed by atoms with Crippen molar-refractivity contribution in [3.8, 4) is 0 Å². The molecule has 2 heteroatoms. The van der Waals surface area contributed by atoms with Crippen molar-refractivity contribution in [2.45, 2.75) is 39.2 Å². The number of fused-ring (bicyclic) bond motifs is 1. The molecule has 16 heavy (non-hydrogen) atoms. The fourth-order valence-corrected chi connectivity index (χ4v) is 4.43. The van der Waals surface area contributed by atoms with Crippen LogP contribution in [0.4, 0.5) is 0 Å². The van der Waals surface area contributed by atoms with Gasteiger partial charge in [0.15, 0.2) is 0 Å². The van der Waals surface area contributed by atoms with Crippen LogP contribution in [0.3, 0.4) is 0 Å². The van der Waals surface area contributed by atoms with Crippen LogP contribution in [0, 0.1) is 24.7 Å². The third-order valence-corrected chi connectivity index (χ3v) is 5.27. The van der Waals surface area contributed by atoms with Crippen molar-refractivity contribution in [1.82, 2.24) is 5.32 Å². The van der Waals surface area contributed by atoms with E-state index in [0.29, 0.717) is 6.04 Å². The van der Waals surface area contributed by atoms with Gasteiger partial charge in [0.25, 0.3) is 0 Å².